The van der Waals surface area contributed by atoms with Crippen LogP contribution in [-0.2, 0) is 32.7 Å². The van der Waals surface area contributed by atoms with E-state index in [-0.39, 0.29) is 26.1 Å². The van der Waals surface area contributed by atoms with Crippen LogP contribution < -0.4 is 0 Å². The summed E-state index contributed by atoms with van der Waals surface area (Å²) < 4.78 is 32.6. The van der Waals surface area contributed by atoms with Crippen molar-refractivity contribution in [3.8, 4) is 0 Å². The van der Waals surface area contributed by atoms with E-state index in [1.807, 2.05) is 12.2 Å². The van der Waals surface area contributed by atoms with Crippen molar-refractivity contribution in [1.82, 2.24) is 0 Å². The number of aliphatic hydroxyl groups excluding tert-OH is 3. The molecule has 0 rings (SSSR count). The first kappa shape index (κ1) is 54.9. The van der Waals surface area contributed by atoms with Crippen LogP contribution >= 0.6 is 7.82 Å². The molecular weight excluding hydrogens is 759 g/mol. The van der Waals surface area contributed by atoms with E-state index in [0.717, 1.165) is 96.3 Å². The number of hydrogen-bond donors (Lipinski definition) is 4. The van der Waals surface area contributed by atoms with Crippen molar-refractivity contribution < 1.29 is 52.9 Å². The first-order valence-corrected chi connectivity index (χ1v) is 22.8. The summed E-state index contributed by atoms with van der Waals surface area (Å²) >= 11 is 0. The number of unbranched alkanes of at least 4 members (excludes halogenated alkanes) is 8. The predicted molar refractivity (Wildman–Crippen MR) is 234 cm³/mol. The molecule has 0 amide bonds. The van der Waals surface area contributed by atoms with Crippen LogP contribution in [0, 0.1) is 0 Å². The minimum atomic E-state index is -4.65. The predicted octanol–water partition coefficient (Wildman–Crippen LogP) is 10.2. The summed E-state index contributed by atoms with van der Waals surface area (Å²) in [5.74, 6) is -1.04. The molecule has 0 aromatic heterocycles. The van der Waals surface area contributed by atoms with Gasteiger partial charge in [0.25, 0.3) is 0 Å². The van der Waals surface area contributed by atoms with E-state index >= 15 is 0 Å². The smallest absolute Gasteiger partial charge is 0.462 e. The van der Waals surface area contributed by atoms with Crippen LogP contribution in [0.15, 0.2) is 97.2 Å². The van der Waals surface area contributed by atoms with Gasteiger partial charge >= 0.3 is 19.8 Å². The molecule has 11 nitrogen and oxygen atoms in total. The number of ether oxygens (including phenoxy) is 2. The van der Waals surface area contributed by atoms with Crippen LogP contribution in [0.2, 0.25) is 0 Å². The third kappa shape index (κ3) is 41.0. The van der Waals surface area contributed by atoms with Crippen molar-refractivity contribution in [2.45, 2.75) is 148 Å². The minimum absolute atomic E-state index is 0.0867. The maximum atomic E-state index is 12.6. The Kier molecular flexibility index (Phi) is 39.7. The molecule has 3 atom stereocenters. The van der Waals surface area contributed by atoms with Gasteiger partial charge in [0.15, 0.2) is 6.10 Å². The standard InChI is InChI=1S/C46H75O11P/c1-2-3-4-5-6-7-8-9-10-12-15-18-21-24-27-30-33-36-45(50)54-41-44(42-56-58(52,53)55-40-43(49)39-48)57-46(51)37-34-31-28-25-22-19-16-13-11-14-17-20-23-26-29-32-35-38-47/h3-4,6-7,9-11,14-16,18-20,23,25,28,43-44,47-49H,2,5,8,12-13,17,21-22,24,26-27,29-42H2,1H3,(H,52,53)/b4-3-,7-6-,10-9-,14-11-,18-15-,19-16-,23-20-,28-25-/t43-,44+/m0/s1. The monoisotopic (exact) mass is 835 g/mol. The van der Waals surface area contributed by atoms with Gasteiger partial charge in [0.2, 0.25) is 0 Å². The largest absolute Gasteiger partial charge is 0.472 e. The number of phosphoric acid groups is 1. The van der Waals surface area contributed by atoms with Crippen LogP contribution in [0.3, 0.4) is 0 Å². The van der Waals surface area contributed by atoms with Crippen molar-refractivity contribution in [3.63, 3.8) is 0 Å². The number of carbonyl (C=O) groups is 2. The van der Waals surface area contributed by atoms with Gasteiger partial charge in [0, 0.05) is 19.4 Å². The van der Waals surface area contributed by atoms with Crippen LogP contribution in [0.1, 0.15) is 135 Å². The molecule has 12 heteroatoms. The Morgan fingerprint density at radius 1 is 0.534 bits per heavy atom. The van der Waals surface area contributed by atoms with E-state index in [2.05, 4.69) is 96.5 Å². The topological polar surface area (TPSA) is 169 Å². The summed E-state index contributed by atoms with van der Waals surface area (Å²) in [5.41, 5.74) is 0. The number of esters is 2. The Hall–Kier alpha value is -3.15. The first-order chi connectivity index (χ1) is 28.2. The fourth-order valence-corrected chi connectivity index (χ4v) is 5.80. The molecule has 0 aliphatic carbocycles. The number of hydrogen-bond acceptors (Lipinski definition) is 10. The van der Waals surface area contributed by atoms with Crippen molar-refractivity contribution in [2.24, 2.45) is 0 Å². The summed E-state index contributed by atoms with van der Waals surface area (Å²) in [7, 11) is -4.65. The van der Waals surface area contributed by atoms with Crippen LogP contribution in [-0.4, -0.2) is 77.4 Å². The molecule has 0 aromatic carbocycles. The summed E-state index contributed by atoms with van der Waals surface area (Å²) in [6.07, 6.45) is 48.2. The number of allylic oxidation sites excluding steroid dienone is 16. The van der Waals surface area contributed by atoms with Gasteiger partial charge in [-0.2, -0.15) is 0 Å². The quantitative estimate of drug-likeness (QED) is 0.0201. The van der Waals surface area contributed by atoms with Gasteiger partial charge in [-0.05, 0) is 96.3 Å². The summed E-state index contributed by atoms with van der Waals surface area (Å²) in [6, 6.07) is 0. The number of rotatable bonds is 39. The van der Waals surface area contributed by atoms with Crippen molar-refractivity contribution in [3.05, 3.63) is 97.2 Å². The van der Waals surface area contributed by atoms with Gasteiger partial charge in [-0.1, -0.05) is 123 Å². The summed E-state index contributed by atoms with van der Waals surface area (Å²) in [5, 5.41) is 27.1. The summed E-state index contributed by atoms with van der Waals surface area (Å²) in [6.45, 7) is 0.147. The van der Waals surface area contributed by atoms with Crippen LogP contribution in [0.4, 0.5) is 0 Å². The Bertz CT molecular complexity index is 1280. The molecular formula is C46H75O11P. The third-order valence-electron chi connectivity index (χ3n) is 8.28. The van der Waals surface area contributed by atoms with E-state index in [1.54, 1.807) is 0 Å². The molecule has 0 fully saturated rings. The highest BCUT2D eigenvalue weighted by atomic mass is 31.2. The average Bonchev–Trinajstić information content (AvgIpc) is 3.21. The fraction of sp³-hybridized carbons (Fsp3) is 0.609. The van der Waals surface area contributed by atoms with Gasteiger partial charge in [0.05, 0.1) is 19.8 Å². The van der Waals surface area contributed by atoms with Gasteiger partial charge in [-0.25, -0.2) is 4.57 Å². The van der Waals surface area contributed by atoms with Crippen molar-refractivity contribution in [1.29, 1.82) is 0 Å². The molecule has 0 heterocycles. The zero-order valence-corrected chi connectivity index (χ0v) is 36.1. The lowest BCUT2D eigenvalue weighted by Crippen LogP contribution is -2.29. The third-order valence-corrected chi connectivity index (χ3v) is 9.23. The van der Waals surface area contributed by atoms with E-state index in [9.17, 15) is 24.2 Å². The molecule has 0 radical (unpaired) electrons. The lowest BCUT2D eigenvalue weighted by atomic mass is 10.1. The molecule has 4 N–H and O–H groups in total. The Morgan fingerprint density at radius 3 is 1.47 bits per heavy atom. The van der Waals surface area contributed by atoms with Crippen molar-refractivity contribution in [2.75, 3.05) is 33.0 Å². The molecule has 0 aliphatic rings. The first-order valence-electron chi connectivity index (χ1n) is 21.3. The Balaban J connectivity index is 4.47. The number of phosphoric ester groups is 1. The molecule has 0 aliphatic heterocycles. The molecule has 1 unspecified atom stereocenters. The molecule has 0 bridgehead atoms. The van der Waals surface area contributed by atoms with E-state index in [4.69, 9.17) is 24.2 Å². The molecule has 330 valence electrons. The Labute approximate surface area is 349 Å². The minimum Gasteiger partial charge on any atom is -0.462 e. The van der Waals surface area contributed by atoms with Crippen molar-refractivity contribution >= 4 is 19.8 Å². The lowest BCUT2D eigenvalue weighted by Gasteiger charge is -2.20. The highest BCUT2D eigenvalue weighted by Gasteiger charge is 2.27. The van der Waals surface area contributed by atoms with Gasteiger partial charge in [-0.3, -0.25) is 18.6 Å². The normalized spacial score (nSPS) is 14.8. The molecule has 0 saturated heterocycles. The maximum absolute atomic E-state index is 12.6. The molecule has 0 saturated carbocycles. The van der Waals surface area contributed by atoms with Crippen LogP contribution in [0.25, 0.3) is 0 Å². The second-order valence-corrected chi connectivity index (χ2v) is 15.2. The fourth-order valence-electron chi connectivity index (χ4n) is 5.01. The van der Waals surface area contributed by atoms with Gasteiger partial charge < -0.3 is 29.7 Å². The number of aliphatic hydroxyl groups is 3. The SMILES string of the molecule is CC/C=C\C/C=C\C/C=C\C/C=C\CCCCCCC(=O)OC[C@H](COP(=O)(O)OC[C@@H](O)CO)OC(=O)CCC/C=C\C/C=C\C/C=C\C/C=C\CCCCCO. The van der Waals surface area contributed by atoms with Crippen LogP contribution in [0.5, 0.6) is 0 Å². The molecule has 0 spiro atoms. The summed E-state index contributed by atoms with van der Waals surface area (Å²) in [4.78, 5) is 35.0. The van der Waals surface area contributed by atoms with E-state index in [0.29, 0.717) is 19.3 Å². The number of carbonyl (C=O) groups excluding carboxylic acids is 2. The second-order valence-electron chi connectivity index (χ2n) is 13.7. The van der Waals surface area contributed by atoms with E-state index in [1.165, 1.54) is 0 Å². The highest BCUT2D eigenvalue weighted by Crippen LogP contribution is 2.43. The lowest BCUT2D eigenvalue weighted by molar-refractivity contribution is -0.161. The zero-order chi connectivity index (χ0) is 42.6. The molecule has 58 heavy (non-hydrogen) atoms. The van der Waals surface area contributed by atoms with E-state index < -0.39 is 51.8 Å². The molecule has 0 aromatic rings. The van der Waals surface area contributed by atoms with Gasteiger partial charge in [-0.15, -0.1) is 0 Å². The zero-order valence-electron chi connectivity index (χ0n) is 35.2. The Morgan fingerprint density at radius 2 is 0.966 bits per heavy atom. The van der Waals surface area contributed by atoms with Gasteiger partial charge in [0.1, 0.15) is 12.7 Å². The highest BCUT2D eigenvalue weighted by molar-refractivity contribution is 7.47. The maximum Gasteiger partial charge on any atom is 0.472 e. The average molecular weight is 835 g/mol. The second kappa shape index (κ2) is 42.0.